The van der Waals surface area contributed by atoms with Crippen LogP contribution in [0.4, 0.5) is 5.82 Å². The Morgan fingerprint density at radius 1 is 1.20 bits per heavy atom. The van der Waals surface area contributed by atoms with E-state index in [2.05, 4.69) is 21.4 Å². The number of nitriles is 1. The first kappa shape index (κ1) is 17.0. The molecule has 0 radical (unpaired) electrons. The molecular formula is C18H21N5O2. The number of nitrogen functional groups attached to an aromatic ring is 1. The molecular weight excluding hydrogens is 318 g/mol. The molecule has 3 rings (SSSR count). The first-order valence-electron chi connectivity index (χ1n) is 8.30. The molecule has 1 heterocycles. The van der Waals surface area contributed by atoms with E-state index in [9.17, 15) is 15.5 Å². The third-order valence-electron chi connectivity index (χ3n) is 4.82. The third-order valence-corrected chi connectivity index (χ3v) is 4.82. The average molecular weight is 339 g/mol. The van der Waals surface area contributed by atoms with Crippen molar-refractivity contribution in [3.63, 3.8) is 0 Å². The van der Waals surface area contributed by atoms with Gasteiger partial charge in [-0.25, -0.2) is 9.97 Å². The SMILES string of the molecule is CNC1CCC(c2nc(-c3cc(O)ccc3O)nc(N)c2C#N)CC1. The van der Waals surface area contributed by atoms with Crippen LogP contribution in [0.15, 0.2) is 18.2 Å². The molecule has 0 bridgehead atoms. The Labute approximate surface area is 146 Å². The predicted octanol–water partition coefficient (Wildman–Crippen LogP) is 2.25. The maximum absolute atomic E-state index is 10.1. The Kier molecular flexibility index (Phi) is 4.72. The molecule has 1 fully saturated rings. The summed E-state index contributed by atoms with van der Waals surface area (Å²) in [7, 11) is 1.96. The number of nitrogens with two attached hydrogens (primary N) is 1. The van der Waals surface area contributed by atoms with E-state index in [0.29, 0.717) is 22.9 Å². The second-order valence-corrected chi connectivity index (χ2v) is 6.34. The quantitative estimate of drug-likeness (QED) is 0.631. The molecule has 0 spiro atoms. The zero-order valence-corrected chi connectivity index (χ0v) is 14.0. The van der Waals surface area contributed by atoms with Crippen molar-refractivity contribution in [2.45, 2.75) is 37.6 Å². The van der Waals surface area contributed by atoms with Crippen LogP contribution >= 0.6 is 0 Å². The summed E-state index contributed by atoms with van der Waals surface area (Å²) in [4.78, 5) is 8.71. The molecule has 1 aliphatic carbocycles. The van der Waals surface area contributed by atoms with Gasteiger partial charge in [0.25, 0.3) is 0 Å². The maximum Gasteiger partial charge on any atom is 0.165 e. The van der Waals surface area contributed by atoms with Crippen LogP contribution in [0.5, 0.6) is 11.5 Å². The lowest BCUT2D eigenvalue weighted by Gasteiger charge is -2.28. The monoisotopic (exact) mass is 339 g/mol. The zero-order valence-electron chi connectivity index (χ0n) is 14.0. The maximum atomic E-state index is 10.1. The van der Waals surface area contributed by atoms with Crippen molar-refractivity contribution in [1.29, 1.82) is 5.26 Å². The minimum atomic E-state index is -0.0493. The molecule has 1 aromatic carbocycles. The first-order valence-corrected chi connectivity index (χ1v) is 8.30. The van der Waals surface area contributed by atoms with Crippen LogP contribution in [-0.2, 0) is 0 Å². The molecule has 1 aromatic heterocycles. The van der Waals surface area contributed by atoms with Gasteiger partial charge in [-0.2, -0.15) is 5.26 Å². The number of nitrogens with zero attached hydrogens (tertiary/aromatic N) is 3. The normalized spacial score (nSPS) is 20.2. The molecule has 25 heavy (non-hydrogen) atoms. The summed E-state index contributed by atoms with van der Waals surface area (Å²) in [6, 6.07) is 6.74. The summed E-state index contributed by atoms with van der Waals surface area (Å²) in [6.07, 6.45) is 3.81. The number of phenols is 2. The summed E-state index contributed by atoms with van der Waals surface area (Å²) in [5.74, 6) is 0.390. The van der Waals surface area contributed by atoms with Gasteiger partial charge in [0.1, 0.15) is 28.9 Å². The molecule has 0 aliphatic heterocycles. The van der Waals surface area contributed by atoms with Gasteiger partial charge in [0, 0.05) is 12.0 Å². The largest absolute Gasteiger partial charge is 0.508 e. The van der Waals surface area contributed by atoms with Gasteiger partial charge >= 0.3 is 0 Å². The number of nitrogens with one attached hydrogen (secondary N) is 1. The van der Waals surface area contributed by atoms with Crippen molar-refractivity contribution in [1.82, 2.24) is 15.3 Å². The lowest BCUT2D eigenvalue weighted by Crippen LogP contribution is -2.30. The number of aromatic hydroxyl groups is 2. The number of anilines is 1. The van der Waals surface area contributed by atoms with Crippen LogP contribution in [0.2, 0.25) is 0 Å². The summed E-state index contributed by atoms with van der Waals surface area (Å²) in [6.45, 7) is 0. The van der Waals surface area contributed by atoms with Crippen molar-refractivity contribution in [2.75, 3.05) is 12.8 Å². The lowest BCUT2D eigenvalue weighted by molar-refractivity contribution is 0.354. The average Bonchev–Trinajstić information content (AvgIpc) is 2.63. The second-order valence-electron chi connectivity index (χ2n) is 6.34. The molecule has 1 aliphatic rings. The molecule has 130 valence electrons. The highest BCUT2D eigenvalue weighted by molar-refractivity contribution is 5.68. The van der Waals surface area contributed by atoms with E-state index in [4.69, 9.17) is 5.73 Å². The van der Waals surface area contributed by atoms with Crippen LogP contribution in [0.3, 0.4) is 0 Å². The number of rotatable bonds is 3. The minimum Gasteiger partial charge on any atom is -0.508 e. The van der Waals surface area contributed by atoms with E-state index in [0.717, 1.165) is 25.7 Å². The standard InChI is InChI=1S/C18H21N5O2/c1-21-11-4-2-10(3-5-11)16-14(9-19)17(20)23-18(22-16)13-8-12(24)6-7-15(13)25/h6-8,10-11,21,24-25H,2-5H2,1H3,(H2,20,22,23). The van der Waals surface area contributed by atoms with E-state index < -0.39 is 0 Å². The van der Waals surface area contributed by atoms with Crippen LogP contribution in [0, 0.1) is 11.3 Å². The Bertz CT molecular complexity index is 823. The number of phenolic OH excluding ortho intramolecular Hbond substituents is 2. The van der Waals surface area contributed by atoms with Crippen molar-refractivity contribution in [3.05, 3.63) is 29.5 Å². The van der Waals surface area contributed by atoms with E-state index in [1.165, 1.54) is 18.2 Å². The molecule has 0 amide bonds. The predicted molar refractivity (Wildman–Crippen MR) is 94.0 cm³/mol. The van der Waals surface area contributed by atoms with E-state index in [1.54, 1.807) is 0 Å². The van der Waals surface area contributed by atoms with Gasteiger partial charge in [-0.3, -0.25) is 0 Å². The summed E-state index contributed by atoms with van der Waals surface area (Å²) >= 11 is 0. The molecule has 5 N–H and O–H groups in total. The molecule has 7 nitrogen and oxygen atoms in total. The lowest BCUT2D eigenvalue weighted by atomic mass is 9.82. The van der Waals surface area contributed by atoms with E-state index in [-0.39, 0.29) is 29.1 Å². The molecule has 0 unspecified atom stereocenters. The number of hydrogen-bond donors (Lipinski definition) is 4. The van der Waals surface area contributed by atoms with Crippen LogP contribution < -0.4 is 11.1 Å². The summed E-state index contributed by atoms with van der Waals surface area (Å²) in [5, 5.41) is 32.5. The fourth-order valence-corrected chi connectivity index (χ4v) is 3.39. The van der Waals surface area contributed by atoms with Crippen molar-refractivity contribution < 1.29 is 10.2 Å². The van der Waals surface area contributed by atoms with Gasteiger partial charge in [-0.1, -0.05) is 0 Å². The van der Waals surface area contributed by atoms with Gasteiger partial charge < -0.3 is 21.3 Å². The summed E-state index contributed by atoms with van der Waals surface area (Å²) < 4.78 is 0. The fourth-order valence-electron chi connectivity index (χ4n) is 3.39. The van der Waals surface area contributed by atoms with E-state index >= 15 is 0 Å². The van der Waals surface area contributed by atoms with Gasteiger partial charge in [-0.15, -0.1) is 0 Å². The first-order chi connectivity index (χ1) is 12.0. The minimum absolute atomic E-state index is 0.00425. The summed E-state index contributed by atoms with van der Waals surface area (Å²) in [5.41, 5.74) is 7.21. The van der Waals surface area contributed by atoms with E-state index in [1.807, 2.05) is 7.05 Å². The smallest absolute Gasteiger partial charge is 0.165 e. The van der Waals surface area contributed by atoms with Crippen molar-refractivity contribution >= 4 is 5.82 Å². The van der Waals surface area contributed by atoms with Crippen molar-refractivity contribution in [3.8, 4) is 29.0 Å². The number of aromatic nitrogens is 2. The van der Waals surface area contributed by atoms with Gasteiger partial charge in [0.15, 0.2) is 5.82 Å². The molecule has 0 saturated heterocycles. The molecule has 0 atom stereocenters. The Hall–Kier alpha value is -2.85. The Morgan fingerprint density at radius 3 is 2.56 bits per heavy atom. The van der Waals surface area contributed by atoms with Gasteiger partial charge in [0.05, 0.1) is 11.3 Å². The highest BCUT2D eigenvalue weighted by Crippen LogP contribution is 2.37. The molecule has 2 aromatic rings. The van der Waals surface area contributed by atoms with Crippen LogP contribution in [0.1, 0.15) is 42.9 Å². The van der Waals surface area contributed by atoms with Crippen LogP contribution in [0.25, 0.3) is 11.4 Å². The number of hydrogen-bond acceptors (Lipinski definition) is 7. The topological polar surface area (TPSA) is 128 Å². The highest BCUT2D eigenvalue weighted by Gasteiger charge is 2.27. The van der Waals surface area contributed by atoms with Crippen LogP contribution in [-0.4, -0.2) is 33.3 Å². The second kappa shape index (κ2) is 6.95. The van der Waals surface area contributed by atoms with Crippen molar-refractivity contribution in [2.24, 2.45) is 0 Å². The Balaban J connectivity index is 2.05. The third kappa shape index (κ3) is 3.35. The fraction of sp³-hybridized carbons (Fsp3) is 0.389. The molecule has 1 saturated carbocycles. The number of benzene rings is 1. The highest BCUT2D eigenvalue weighted by atomic mass is 16.3. The Morgan fingerprint density at radius 2 is 1.92 bits per heavy atom. The van der Waals surface area contributed by atoms with Gasteiger partial charge in [0.2, 0.25) is 0 Å². The van der Waals surface area contributed by atoms with Gasteiger partial charge in [-0.05, 0) is 50.9 Å². The zero-order chi connectivity index (χ0) is 18.0. The molecule has 7 heteroatoms.